The van der Waals surface area contributed by atoms with E-state index in [9.17, 15) is 0 Å². The van der Waals surface area contributed by atoms with Crippen molar-refractivity contribution in [1.82, 2.24) is 5.32 Å². The first-order chi connectivity index (χ1) is 9.67. The Hall–Kier alpha value is -1.51. The van der Waals surface area contributed by atoms with Crippen LogP contribution >= 0.6 is 11.6 Å². The van der Waals surface area contributed by atoms with Crippen molar-refractivity contribution in [3.63, 3.8) is 0 Å². The zero-order valence-corrected chi connectivity index (χ0v) is 12.4. The summed E-state index contributed by atoms with van der Waals surface area (Å²) in [6.07, 6.45) is 0.995. The van der Waals surface area contributed by atoms with Crippen molar-refractivity contribution < 1.29 is 4.74 Å². The Bertz CT molecular complexity index is 609. The van der Waals surface area contributed by atoms with Crippen LogP contribution in [0.1, 0.15) is 35.3 Å². The number of hydrogen-bond acceptors (Lipinski definition) is 2. The van der Waals surface area contributed by atoms with Gasteiger partial charge >= 0.3 is 0 Å². The van der Waals surface area contributed by atoms with Gasteiger partial charge in [-0.1, -0.05) is 41.4 Å². The number of rotatable bonds is 2. The zero-order chi connectivity index (χ0) is 14.1. The van der Waals surface area contributed by atoms with Crippen molar-refractivity contribution in [3.05, 3.63) is 64.2 Å². The van der Waals surface area contributed by atoms with Crippen LogP contribution in [-0.2, 0) is 0 Å². The van der Waals surface area contributed by atoms with E-state index in [0.717, 1.165) is 17.2 Å². The van der Waals surface area contributed by atoms with Crippen molar-refractivity contribution in [2.24, 2.45) is 0 Å². The van der Waals surface area contributed by atoms with E-state index in [0.29, 0.717) is 6.04 Å². The second-order valence-electron chi connectivity index (χ2n) is 5.28. The van der Waals surface area contributed by atoms with Gasteiger partial charge in [-0.25, -0.2) is 0 Å². The molecule has 1 heterocycles. The van der Waals surface area contributed by atoms with E-state index in [2.05, 4.69) is 30.4 Å². The lowest BCUT2D eigenvalue weighted by atomic mass is 9.92. The van der Waals surface area contributed by atoms with Crippen LogP contribution in [-0.4, -0.2) is 7.05 Å². The van der Waals surface area contributed by atoms with Gasteiger partial charge in [-0.2, -0.15) is 0 Å². The first kappa shape index (κ1) is 13.5. The number of halogens is 1. The van der Waals surface area contributed by atoms with E-state index >= 15 is 0 Å². The van der Waals surface area contributed by atoms with Crippen LogP contribution < -0.4 is 10.1 Å². The molecule has 1 aliphatic rings. The molecule has 0 saturated heterocycles. The zero-order valence-electron chi connectivity index (χ0n) is 11.7. The molecule has 0 fully saturated rings. The Morgan fingerprint density at radius 2 is 1.90 bits per heavy atom. The Labute approximate surface area is 124 Å². The molecule has 3 heteroatoms. The van der Waals surface area contributed by atoms with Gasteiger partial charge in [0.15, 0.2) is 0 Å². The average Bonchev–Trinajstić information content (AvgIpc) is 2.47. The summed E-state index contributed by atoms with van der Waals surface area (Å²) < 4.78 is 6.16. The van der Waals surface area contributed by atoms with Gasteiger partial charge in [0.05, 0.1) is 0 Å². The van der Waals surface area contributed by atoms with Gasteiger partial charge in [0, 0.05) is 23.0 Å². The highest BCUT2D eigenvalue weighted by Gasteiger charge is 2.28. The summed E-state index contributed by atoms with van der Waals surface area (Å²) in [6, 6.07) is 14.6. The maximum atomic E-state index is 6.16. The van der Waals surface area contributed by atoms with E-state index in [4.69, 9.17) is 16.3 Å². The second-order valence-corrected chi connectivity index (χ2v) is 5.71. The normalized spacial score (nSPS) is 21.1. The van der Waals surface area contributed by atoms with Gasteiger partial charge in [0.25, 0.3) is 0 Å². The highest BCUT2D eigenvalue weighted by molar-refractivity contribution is 6.30. The fourth-order valence-electron chi connectivity index (χ4n) is 2.74. The first-order valence-electron chi connectivity index (χ1n) is 6.87. The molecule has 2 unspecified atom stereocenters. The number of hydrogen-bond donors (Lipinski definition) is 1. The van der Waals surface area contributed by atoms with E-state index in [1.165, 1.54) is 16.7 Å². The molecule has 2 atom stereocenters. The molecular formula is C17H18ClNO. The third-order valence-electron chi connectivity index (χ3n) is 3.85. The summed E-state index contributed by atoms with van der Waals surface area (Å²) in [4.78, 5) is 0. The summed E-state index contributed by atoms with van der Waals surface area (Å²) in [5.41, 5.74) is 3.68. The Morgan fingerprint density at radius 3 is 2.60 bits per heavy atom. The fourth-order valence-corrected chi connectivity index (χ4v) is 2.87. The van der Waals surface area contributed by atoms with Crippen LogP contribution in [0.4, 0.5) is 0 Å². The SMILES string of the molecule is CNC1CC(c2ccc(Cl)cc2)Oc2ccc(C)cc21. The summed E-state index contributed by atoms with van der Waals surface area (Å²) >= 11 is 5.95. The van der Waals surface area contributed by atoms with Crippen molar-refractivity contribution >= 4 is 11.6 Å². The molecule has 0 aliphatic carbocycles. The quantitative estimate of drug-likeness (QED) is 0.882. The van der Waals surface area contributed by atoms with Crippen molar-refractivity contribution in [3.8, 4) is 5.75 Å². The summed E-state index contributed by atoms with van der Waals surface area (Å²) in [5, 5.41) is 4.15. The van der Waals surface area contributed by atoms with Crippen LogP contribution in [0.3, 0.4) is 0 Å². The molecule has 0 saturated carbocycles. The molecule has 20 heavy (non-hydrogen) atoms. The van der Waals surface area contributed by atoms with Crippen LogP contribution in [0.5, 0.6) is 5.75 Å². The van der Waals surface area contributed by atoms with Crippen molar-refractivity contribution in [2.75, 3.05) is 7.05 Å². The smallest absolute Gasteiger partial charge is 0.126 e. The van der Waals surface area contributed by atoms with Crippen LogP contribution in [0.15, 0.2) is 42.5 Å². The van der Waals surface area contributed by atoms with E-state index < -0.39 is 0 Å². The van der Waals surface area contributed by atoms with E-state index in [-0.39, 0.29) is 6.10 Å². The van der Waals surface area contributed by atoms with Crippen molar-refractivity contribution in [2.45, 2.75) is 25.5 Å². The second kappa shape index (κ2) is 5.47. The monoisotopic (exact) mass is 287 g/mol. The molecule has 104 valence electrons. The Morgan fingerprint density at radius 1 is 1.15 bits per heavy atom. The molecule has 1 N–H and O–H groups in total. The van der Waals surface area contributed by atoms with Gasteiger partial charge in [-0.05, 0) is 37.7 Å². The number of nitrogens with one attached hydrogen (secondary N) is 1. The predicted molar refractivity (Wildman–Crippen MR) is 82.4 cm³/mol. The fraction of sp³-hybridized carbons (Fsp3) is 0.294. The molecule has 0 radical (unpaired) electrons. The maximum absolute atomic E-state index is 6.16. The number of fused-ring (bicyclic) bond motifs is 1. The molecule has 0 amide bonds. The predicted octanol–water partition coefficient (Wildman–Crippen LogP) is 4.43. The Kier molecular flexibility index (Phi) is 3.68. The minimum atomic E-state index is 0.0694. The first-order valence-corrected chi connectivity index (χ1v) is 7.25. The van der Waals surface area contributed by atoms with Gasteiger partial charge in [-0.3, -0.25) is 0 Å². The van der Waals surface area contributed by atoms with Gasteiger partial charge in [-0.15, -0.1) is 0 Å². The molecule has 2 aromatic rings. The molecule has 3 rings (SSSR count). The molecule has 1 aliphatic heterocycles. The summed E-state index contributed by atoms with van der Waals surface area (Å²) in [5.74, 6) is 0.973. The highest BCUT2D eigenvalue weighted by atomic mass is 35.5. The third kappa shape index (κ3) is 2.54. The van der Waals surface area contributed by atoms with Crippen LogP contribution in [0, 0.1) is 6.92 Å². The van der Waals surface area contributed by atoms with Crippen LogP contribution in [0.25, 0.3) is 0 Å². The van der Waals surface area contributed by atoms with Gasteiger partial charge < -0.3 is 10.1 Å². The Balaban J connectivity index is 1.94. The third-order valence-corrected chi connectivity index (χ3v) is 4.10. The number of benzene rings is 2. The van der Waals surface area contributed by atoms with E-state index in [1.807, 2.05) is 31.3 Å². The standard InChI is InChI=1S/C17H18ClNO/c1-11-3-8-16-14(9-11)15(19-2)10-17(20-16)12-4-6-13(18)7-5-12/h3-9,15,17,19H,10H2,1-2H3. The number of ether oxygens (including phenoxy) is 1. The molecule has 0 spiro atoms. The number of aryl methyl sites for hydroxylation is 1. The lowest BCUT2D eigenvalue weighted by Crippen LogP contribution is -2.26. The largest absolute Gasteiger partial charge is 0.485 e. The maximum Gasteiger partial charge on any atom is 0.126 e. The minimum absolute atomic E-state index is 0.0694. The molecule has 2 aromatic carbocycles. The molecule has 0 aromatic heterocycles. The average molecular weight is 288 g/mol. The van der Waals surface area contributed by atoms with Gasteiger partial charge in [0.2, 0.25) is 0 Å². The van der Waals surface area contributed by atoms with Gasteiger partial charge in [0.1, 0.15) is 11.9 Å². The molecular weight excluding hydrogens is 270 g/mol. The van der Waals surface area contributed by atoms with E-state index in [1.54, 1.807) is 0 Å². The minimum Gasteiger partial charge on any atom is -0.485 e. The molecule has 2 nitrogen and oxygen atoms in total. The summed E-state index contributed by atoms with van der Waals surface area (Å²) in [6.45, 7) is 2.11. The van der Waals surface area contributed by atoms with Crippen LogP contribution in [0.2, 0.25) is 5.02 Å². The topological polar surface area (TPSA) is 21.3 Å². The lowest BCUT2D eigenvalue weighted by Gasteiger charge is -2.32. The molecule has 0 bridgehead atoms. The highest BCUT2D eigenvalue weighted by Crippen LogP contribution is 2.41. The summed E-state index contributed by atoms with van der Waals surface area (Å²) in [7, 11) is 2.00. The lowest BCUT2D eigenvalue weighted by molar-refractivity contribution is 0.154. The van der Waals surface area contributed by atoms with Crippen molar-refractivity contribution in [1.29, 1.82) is 0 Å².